The normalized spacial score (nSPS) is 17.7. The minimum absolute atomic E-state index is 0.0162. The van der Waals surface area contributed by atoms with Gasteiger partial charge in [0.25, 0.3) is 11.8 Å². The van der Waals surface area contributed by atoms with Crippen LogP contribution in [0, 0.1) is 6.92 Å². The molecule has 29 heavy (non-hydrogen) atoms. The van der Waals surface area contributed by atoms with E-state index in [2.05, 4.69) is 31.4 Å². The number of H-pyrrole nitrogens is 1. The van der Waals surface area contributed by atoms with E-state index >= 15 is 0 Å². The SMILES string of the molecule is Cc1cc(C(=O)N2CCC3(CC2)NC(=O)c2cc(Br)ccc2O3)cc2cn[nH]c12. The van der Waals surface area contributed by atoms with Crippen LogP contribution < -0.4 is 10.1 Å². The number of aromatic amines is 1. The van der Waals surface area contributed by atoms with Crippen LogP contribution in [-0.2, 0) is 0 Å². The van der Waals surface area contributed by atoms with E-state index in [1.807, 2.05) is 30.0 Å². The monoisotopic (exact) mass is 454 g/mol. The van der Waals surface area contributed by atoms with Crippen LogP contribution in [0.25, 0.3) is 10.9 Å². The largest absolute Gasteiger partial charge is 0.467 e. The molecule has 2 aliphatic rings. The highest BCUT2D eigenvalue weighted by Crippen LogP contribution is 2.35. The summed E-state index contributed by atoms with van der Waals surface area (Å²) >= 11 is 3.38. The number of aromatic nitrogens is 2. The summed E-state index contributed by atoms with van der Waals surface area (Å²) in [5, 5.41) is 10.9. The van der Waals surface area contributed by atoms with E-state index in [-0.39, 0.29) is 11.8 Å². The van der Waals surface area contributed by atoms with Crippen molar-refractivity contribution in [2.45, 2.75) is 25.5 Å². The highest BCUT2D eigenvalue weighted by atomic mass is 79.9. The fraction of sp³-hybridized carbons (Fsp3) is 0.286. The number of rotatable bonds is 1. The Bertz CT molecular complexity index is 1150. The number of carbonyl (C=O) groups excluding carboxylic acids is 2. The summed E-state index contributed by atoms with van der Waals surface area (Å²) in [5.41, 5.74) is 2.34. The summed E-state index contributed by atoms with van der Waals surface area (Å²) in [6.45, 7) is 2.98. The fourth-order valence-electron chi connectivity index (χ4n) is 4.12. The Labute approximate surface area is 175 Å². The molecule has 0 unspecified atom stereocenters. The smallest absolute Gasteiger partial charge is 0.258 e. The van der Waals surface area contributed by atoms with Gasteiger partial charge in [-0.05, 0) is 42.8 Å². The lowest BCUT2D eigenvalue weighted by Gasteiger charge is -2.44. The molecule has 148 valence electrons. The predicted molar refractivity (Wildman–Crippen MR) is 111 cm³/mol. The Morgan fingerprint density at radius 1 is 1.24 bits per heavy atom. The van der Waals surface area contributed by atoms with Crippen LogP contribution in [-0.4, -0.2) is 45.7 Å². The van der Waals surface area contributed by atoms with Crippen LogP contribution in [0.2, 0.25) is 0 Å². The number of piperidine rings is 1. The van der Waals surface area contributed by atoms with Gasteiger partial charge in [0.2, 0.25) is 0 Å². The number of ether oxygens (including phenoxy) is 1. The highest BCUT2D eigenvalue weighted by molar-refractivity contribution is 9.10. The molecule has 2 aliphatic heterocycles. The Kier molecular flexibility index (Phi) is 4.13. The first-order chi connectivity index (χ1) is 13.9. The van der Waals surface area contributed by atoms with Gasteiger partial charge in [-0.2, -0.15) is 5.10 Å². The van der Waals surface area contributed by atoms with Crippen molar-refractivity contribution in [3.8, 4) is 5.75 Å². The lowest BCUT2D eigenvalue weighted by molar-refractivity contribution is -0.0245. The van der Waals surface area contributed by atoms with Crippen molar-refractivity contribution in [3.05, 3.63) is 57.7 Å². The minimum atomic E-state index is -0.765. The maximum absolute atomic E-state index is 13.1. The number of hydrogen-bond acceptors (Lipinski definition) is 4. The molecule has 5 rings (SSSR count). The van der Waals surface area contributed by atoms with Gasteiger partial charge in [0.15, 0.2) is 5.72 Å². The molecular weight excluding hydrogens is 436 g/mol. The number of benzene rings is 2. The van der Waals surface area contributed by atoms with E-state index in [9.17, 15) is 9.59 Å². The fourth-order valence-corrected chi connectivity index (χ4v) is 4.48. The maximum atomic E-state index is 13.1. The van der Waals surface area contributed by atoms with Crippen molar-refractivity contribution in [2.75, 3.05) is 13.1 Å². The average molecular weight is 455 g/mol. The number of likely N-dealkylation sites (tertiary alicyclic amines) is 1. The van der Waals surface area contributed by atoms with Gasteiger partial charge in [-0.15, -0.1) is 0 Å². The Hall–Kier alpha value is -2.87. The summed E-state index contributed by atoms with van der Waals surface area (Å²) in [6.07, 6.45) is 2.80. The number of halogens is 1. The van der Waals surface area contributed by atoms with E-state index in [0.29, 0.717) is 42.8 Å². The van der Waals surface area contributed by atoms with Gasteiger partial charge in [0.1, 0.15) is 5.75 Å². The lowest BCUT2D eigenvalue weighted by Crippen LogP contribution is -2.61. The first-order valence-corrected chi connectivity index (χ1v) is 10.3. The zero-order valence-electron chi connectivity index (χ0n) is 15.8. The molecule has 8 heteroatoms. The number of carbonyl (C=O) groups is 2. The zero-order valence-corrected chi connectivity index (χ0v) is 17.4. The van der Waals surface area contributed by atoms with Crippen LogP contribution in [0.3, 0.4) is 0 Å². The molecule has 2 N–H and O–H groups in total. The van der Waals surface area contributed by atoms with Gasteiger partial charge >= 0.3 is 0 Å². The maximum Gasteiger partial charge on any atom is 0.258 e. The molecule has 1 spiro atoms. The molecule has 0 aliphatic carbocycles. The second-order valence-corrected chi connectivity index (χ2v) is 8.53. The molecule has 3 heterocycles. The van der Waals surface area contributed by atoms with Crippen LogP contribution in [0.4, 0.5) is 0 Å². The third-order valence-electron chi connectivity index (χ3n) is 5.68. The third-order valence-corrected chi connectivity index (χ3v) is 6.18. The van der Waals surface area contributed by atoms with E-state index in [1.54, 1.807) is 18.3 Å². The van der Waals surface area contributed by atoms with Crippen molar-refractivity contribution < 1.29 is 14.3 Å². The molecule has 0 radical (unpaired) electrons. The van der Waals surface area contributed by atoms with Crippen molar-refractivity contribution in [1.82, 2.24) is 20.4 Å². The van der Waals surface area contributed by atoms with Crippen LogP contribution >= 0.6 is 15.9 Å². The van der Waals surface area contributed by atoms with Gasteiger partial charge in [-0.3, -0.25) is 14.7 Å². The minimum Gasteiger partial charge on any atom is -0.467 e. The quantitative estimate of drug-likeness (QED) is 0.589. The van der Waals surface area contributed by atoms with Gasteiger partial charge in [0, 0.05) is 41.4 Å². The van der Waals surface area contributed by atoms with Crippen molar-refractivity contribution >= 4 is 38.6 Å². The standard InChI is InChI=1S/C21H19BrN4O3/c1-12-8-13(9-14-11-23-25-18(12)14)20(28)26-6-4-21(5-7-26)24-19(27)16-10-15(22)2-3-17(16)29-21/h2-3,8-11H,4-7H2,1H3,(H,23,25)(H,24,27). The second-order valence-electron chi connectivity index (χ2n) is 7.61. The van der Waals surface area contributed by atoms with Crippen molar-refractivity contribution in [1.29, 1.82) is 0 Å². The average Bonchev–Trinajstić information content (AvgIpc) is 3.18. The van der Waals surface area contributed by atoms with E-state index < -0.39 is 5.72 Å². The number of fused-ring (bicyclic) bond motifs is 2. The molecule has 2 aromatic carbocycles. The van der Waals surface area contributed by atoms with E-state index in [0.717, 1.165) is 20.9 Å². The van der Waals surface area contributed by atoms with Crippen molar-refractivity contribution in [3.63, 3.8) is 0 Å². The van der Waals surface area contributed by atoms with Crippen molar-refractivity contribution in [2.24, 2.45) is 0 Å². The summed E-state index contributed by atoms with van der Waals surface area (Å²) in [7, 11) is 0. The number of amides is 2. The first kappa shape index (κ1) is 18.2. The molecule has 0 atom stereocenters. The summed E-state index contributed by atoms with van der Waals surface area (Å²) in [4.78, 5) is 27.5. The summed E-state index contributed by atoms with van der Waals surface area (Å²) in [6, 6.07) is 9.18. The van der Waals surface area contributed by atoms with Gasteiger partial charge in [-0.1, -0.05) is 15.9 Å². The van der Waals surface area contributed by atoms with E-state index in [4.69, 9.17) is 4.74 Å². The zero-order chi connectivity index (χ0) is 20.2. The van der Waals surface area contributed by atoms with Gasteiger partial charge < -0.3 is 15.0 Å². The first-order valence-electron chi connectivity index (χ1n) is 9.48. The Morgan fingerprint density at radius 3 is 2.83 bits per heavy atom. The second kappa shape index (κ2) is 6.59. The van der Waals surface area contributed by atoms with Crippen LogP contribution in [0.1, 0.15) is 39.1 Å². The predicted octanol–water partition coefficient (Wildman–Crippen LogP) is 3.39. The lowest BCUT2D eigenvalue weighted by atomic mass is 9.96. The molecule has 0 bridgehead atoms. The number of nitrogens with one attached hydrogen (secondary N) is 2. The third kappa shape index (κ3) is 3.07. The Balaban J connectivity index is 1.34. The number of hydrogen-bond donors (Lipinski definition) is 2. The molecule has 1 fully saturated rings. The van der Waals surface area contributed by atoms with Crippen LogP contribution in [0.15, 0.2) is 41.0 Å². The number of aryl methyl sites for hydroxylation is 1. The van der Waals surface area contributed by atoms with Crippen LogP contribution in [0.5, 0.6) is 5.75 Å². The number of nitrogens with zero attached hydrogens (tertiary/aromatic N) is 2. The molecule has 1 saturated heterocycles. The molecule has 3 aromatic rings. The topological polar surface area (TPSA) is 87.3 Å². The Morgan fingerprint density at radius 2 is 2.03 bits per heavy atom. The highest BCUT2D eigenvalue weighted by Gasteiger charge is 2.43. The molecular formula is C21H19BrN4O3. The summed E-state index contributed by atoms with van der Waals surface area (Å²) < 4.78 is 7.01. The molecule has 0 saturated carbocycles. The summed E-state index contributed by atoms with van der Waals surface area (Å²) in [5.74, 6) is 0.420. The van der Waals surface area contributed by atoms with Gasteiger partial charge in [0.05, 0.1) is 17.3 Å². The molecule has 1 aromatic heterocycles. The molecule has 7 nitrogen and oxygen atoms in total. The van der Waals surface area contributed by atoms with Gasteiger partial charge in [-0.25, -0.2) is 0 Å². The van der Waals surface area contributed by atoms with E-state index in [1.165, 1.54) is 0 Å². The molecule has 2 amide bonds.